The summed E-state index contributed by atoms with van der Waals surface area (Å²) in [6.07, 6.45) is 2.37. The molecule has 0 radical (unpaired) electrons. The Hall–Kier alpha value is -4.69. The molecule has 6 rings (SSSR count). The molecule has 0 aromatic heterocycles. The molecular weight excluding hydrogens is 498 g/mol. The fourth-order valence-electron chi connectivity index (χ4n) is 5.73. The van der Waals surface area contributed by atoms with Crippen LogP contribution in [-0.4, -0.2) is 47.7 Å². The van der Waals surface area contributed by atoms with Crippen LogP contribution in [0.4, 0.5) is 5.69 Å². The molecule has 1 aliphatic carbocycles. The molecule has 0 N–H and O–H groups in total. The molecule has 1 spiro atoms. The van der Waals surface area contributed by atoms with Gasteiger partial charge in [-0.25, -0.2) is 9.69 Å². The number of benzene rings is 3. The standard InChI is InChI=1S/C31H23NO7/c1-2-38-30(37)19-13-15-20(16-14-19)32-28(35)24-23(17-12-18-8-4-3-5-9-18)39-31(25(24)29(32)36)26(33)21-10-6-7-11-22(21)27(31)34/h3-17,23-25H,2H2,1H3/b17-12+/t23-,24+,25-/m1/s1. The molecular formula is C31H23NO7. The first-order valence-electron chi connectivity index (χ1n) is 12.6. The van der Waals surface area contributed by atoms with Crippen molar-refractivity contribution in [1.82, 2.24) is 0 Å². The van der Waals surface area contributed by atoms with Gasteiger partial charge in [0.2, 0.25) is 29.0 Å². The second kappa shape index (κ2) is 9.25. The third kappa shape index (κ3) is 3.59. The highest BCUT2D eigenvalue weighted by Crippen LogP contribution is 2.53. The van der Waals surface area contributed by atoms with Crippen molar-refractivity contribution in [3.05, 3.63) is 107 Å². The number of amides is 2. The summed E-state index contributed by atoms with van der Waals surface area (Å²) >= 11 is 0. The van der Waals surface area contributed by atoms with Crippen molar-refractivity contribution in [2.24, 2.45) is 11.8 Å². The minimum atomic E-state index is -2.13. The van der Waals surface area contributed by atoms with E-state index in [1.807, 2.05) is 30.3 Å². The number of fused-ring (bicyclic) bond motifs is 3. The van der Waals surface area contributed by atoms with Crippen LogP contribution in [0.25, 0.3) is 6.08 Å². The van der Waals surface area contributed by atoms with E-state index in [4.69, 9.17) is 9.47 Å². The zero-order valence-electron chi connectivity index (χ0n) is 20.9. The van der Waals surface area contributed by atoms with Crippen molar-refractivity contribution in [1.29, 1.82) is 0 Å². The van der Waals surface area contributed by atoms with Gasteiger partial charge in [0.1, 0.15) is 0 Å². The summed E-state index contributed by atoms with van der Waals surface area (Å²) in [4.78, 5) is 68.4. The van der Waals surface area contributed by atoms with Gasteiger partial charge in [-0.3, -0.25) is 19.2 Å². The van der Waals surface area contributed by atoms with Crippen LogP contribution < -0.4 is 4.90 Å². The number of nitrogens with zero attached hydrogens (tertiary/aromatic N) is 1. The number of ether oxygens (including phenoxy) is 2. The van der Waals surface area contributed by atoms with Gasteiger partial charge in [-0.05, 0) is 36.8 Å². The summed E-state index contributed by atoms with van der Waals surface area (Å²) in [7, 11) is 0. The molecule has 0 bridgehead atoms. The highest BCUT2D eigenvalue weighted by Gasteiger charge is 2.74. The normalized spacial score (nSPS) is 23.1. The third-order valence-corrected chi connectivity index (χ3v) is 7.47. The van der Waals surface area contributed by atoms with E-state index in [0.717, 1.165) is 10.5 Å². The fourth-order valence-corrected chi connectivity index (χ4v) is 5.73. The molecule has 2 saturated heterocycles. The average Bonchev–Trinajstić information content (AvgIpc) is 3.52. The highest BCUT2D eigenvalue weighted by atomic mass is 16.5. The Balaban J connectivity index is 1.42. The molecule has 3 aromatic rings. The fraction of sp³-hybridized carbons (Fsp3) is 0.194. The number of ketones is 2. The zero-order valence-corrected chi connectivity index (χ0v) is 20.9. The Morgan fingerprint density at radius 1 is 0.872 bits per heavy atom. The minimum absolute atomic E-state index is 0.173. The van der Waals surface area contributed by atoms with Crippen molar-refractivity contribution >= 4 is 41.1 Å². The smallest absolute Gasteiger partial charge is 0.338 e. The van der Waals surface area contributed by atoms with E-state index in [9.17, 15) is 24.0 Å². The van der Waals surface area contributed by atoms with Crippen LogP contribution in [0.1, 0.15) is 43.6 Å². The Labute approximate surface area is 223 Å². The summed E-state index contributed by atoms with van der Waals surface area (Å²) in [5.41, 5.74) is -0.470. The summed E-state index contributed by atoms with van der Waals surface area (Å²) in [5, 5.41) is 0. The van der Waals surface area contributed by atoms with Gasteiger partial charge in [0.15, 0.2) is 0 Å². The lowest BCUT2D eigenvalue weighted by Gasteiger charge is -2.26. The van der Waals surface area contributed by atoms with Gasteiger partial charge in [0.25, 0.3) is 0 Å². The van der Waals surface area contributed by atoms with Crippen LogP contribution in [0.5, 0.6) is 0 Å². The number of Topliss-reactive ketones (excluding diaryl/α,β-unsaturated/α-hetero) is 2. The van der Waals surface area contributed by atoms with E-state index in [1.54, 1.807) is 31.2 Å². The summed E-state index contributed by atoms with van der Waals surface area (Å²) in [6, 6.07) is 21.5. The molecule has 0 saturated carbocycles. The number of rotatable bonds is 5. The van der Waals surface area contributed by atoms with Gasteiger partial charge in [0.05, 0.1) is 35.8 Å². The van der Waals surface area contributed by atoms with E-state index >= 15 is 0 Å². The molecule has 3 aliphatic rings. The van der Waals surface area contributed by atoms with E-state index in [-0.39, 0.29) is 29.0 Å². The van der Waals surface area contributed by atoms with Gasteiger partial charge >= 0.3 is 5.97 Å². The first kappa shape index (κ1) is 24.6. The Kier molecular flexibility index (Phi) is 5.84. The van der Waals surface area contributed by atoms with Crippen molar-refractivity contribution in [2.45, 2.75) is 18.6 Å². The third-order valence-electron chi connectivity index (χ3n) is 7.47. The first-order valence-corrected chi connectivity index (χ1v) is 12.6. The second-order valence-corrected chi connectivity index (χ2v) is 9.57. The van der Waals surface area contributed by atoms with Gasteiger partial charge in [-0.15, -0.1) is 0 Å². The number of esters is 1. The number of anilines is 1. The Morgan fingerprint density at radius 2 is 1.49 bits per heavy atom. The lowest BCUT2D eigenvalue weighted by atomic mass is 9.78. The minimum Gasteiger partial charge on any atom is -0.462 e. The SMILES string of the molecule is CCOC(=O)c1ccc(N2C(=O)[C@H]3[C@@H](/C=C/c4ccccc4)OC4(C(=O)c5ccccc5C4=O)[C@H]3C2=O)cc1. The van der Waals surface area contributed by atoms with E-state index < -0.39 is 52.9 Å². The van der Waals surface area contributed by atoms with Gasteiger partial charge in [-0.1, -0.05) is 66.7 Å². The number of hydrogen-bond acceptors (Lipinski definition) is 7. The predicted octanol–water partition coefficient (Wildman–Crippen LogP) is 3.90. The topological polar surface area (TPSA) is 107 Å². The summed E-state index contributed by atoms with van der Waals surface area (Å²) in [5.74, 6) is -5.47. The molecule has 2 fully saturated rings. The van der Waals surface area contributed by atoms with Crippen molar-refractivity contribution in [3.8, 4) is 0 Å². The monoisotopic (exact) mass is 521 g/mol. The van der Waals surface area contributed by atoms with Gasteiger partial charge in [-0.2, -0.15) is 0 Å². The molecule has 2 amide bonds. The number of carbonyl (C=O) groups excluding carboxylic acids is 5. The van der Waals surface area contributed by atoms with Crippen molar-refractivity contribution in [2.75, 3.05) is 11.5 Å². The molecule has 2 aliphatic heterocycles. The van der Waals surface area contributed by atoms with Gasteiger partial charge < -0.3 is 9.47 Å². The Morgan fingerprint density at radius 3 is 2.10 bits per heavy atom. The van der Waals surface area contributed by atoms with Crippen molar-refractivity contribution < 1.29 is 33.4 Å². The molecule has 3 atom stereocenters. The molecule has 194 valence electrons. The molecule has 8 nitrogen and oxygen atoms in total. The lowest BCUT2D eigenvalue weighted by molar-refractivity contribution is -0.126. The maximum atomic E-state index is 13.9. The maximum absolute atomic E-state index is 13.9. The molecule has 8 heteroatoms. The van der Waals surface area contributed by atoms with E-state index in [1.165, 1.54) is 36.4 Å². The molecule has 2 heterocycles. The largest absolute Gasteiger partial charge is 0.462 e. The quantitative estimate of drug-likeness (QED) is 0.285. The van der Waals surface area contributed by atoms with Crippen LogP contribution in [0, 0.1) is 11.8 Å². The van der Waals surface area contributed by atoms with Gasteiger partial charge in [0, 0.05) is 11.1 Å². The Bertz CT molecular complexity index is 1520. The predicted molar refractivity (Wildman–Crippen MR) is 140 cm³/mol. The molecule has 0 unspecified atom stereocenters. The number of hydrogen-bond donors (Lipinski definition) is 0. The van der Waals surface area contributed by atoms with Crippen LogP contribution in [0.15, 0.2) is 84.9 Å². The zero-order chi connectivity index (χ0) is 27.3. The van der Waals surface area contributed by atoms with Crippen LogP contribution in [0.2, 0.25) is 0 Å². The number of carbonyl (C=O) groups is 5. The average molecular weight is 522 g/mol. The van der Waals surface area contributed by atoms with E-state index in [2.05, 4.69) is 0 Å². The van der Waals surface area contributed by atoms with Crippen LogP contribution in [-0.2, 0) is 19.1 Å². The van der Waals surface area contributed by atoms with Crippen LogP contribution >= 0.6 is 0 Å². The van der Waals surface area contributed by atoms with Crippen LogP contribution in [0.3, 0.4) is 0 Å². The maximum Gasteiger partial charge on any atom is 0.338 e. The molecule has 3 aromatic carbocycles. The highest BCUT2D eigenvalue weighted by molar-refractivity contribution is 6.37. The second-order valence-electron chi connectivity index (χ2n) is 9.57. The summed E-state index contributed by atoms with van der Waals surface area (Å²) < 4.78 is 11.2. The first-order chi connectivity index (χ1) is 18.9. The lowest BCUT2D eigenvalue weighted by Crippen LogP contribution is -2.51. The summed E-state index contributed by atoms with van der Waals surface area (Å²) in [6.45, 7) is 1.90. The van der Waals surface area contributed by atoms with E-state index in [0.29, 0.717) is 0 Å². The van der Waals surface area contributed by atoms with Crippen molar-refractivity contribution in [3.63, 3.8) is 0 Å². The number of imide groups is 1. The molecule has 39 heavy (non-hydrogen) atoms.